The van der Waals surface area contributed by atoms with Crippen LogP contribution in [0.3, 0.4) is 0 Å². The maximum Gasteiger partial charge on any atom is 0.279 e. The van der Waals surface area contributed by atoms with Crippen molar-refractivity contribution in [1.29, 1.82) is 0 Å². The highest BCUT2D eigenvalue weighted by Gasteiger charge is 2.21. The average Bonchev–Trinajstić information content (AvgIpc) is 2.41. The number of nitrogens with one attached hydrogen (secondary N) is 2. The third kappa shape index (κ3) is 4.80. The number of nitrogens with two attached hydrogens (primary N) is 1. The van der Waals surface area contributed by atoms with Crippen LogP contribution in [0.25, 0.3) is 0 Å². The standard InChI is InChI=1S/C14H21N3O3S/c1-11-6-8-17(9-7-11)10-14(18)16-12-2-4-13(5-3-12)21(15,19)20/h2-5,11H,6-10H2,1H3,(H,16,18)(H2,15,19,20)/p+1. The summed E-state index contributed by atoms with van der Waals surface area (Å²) in [4.78, 5) is 13.3. The van der Waals surface area contributed by atoms with Gasteiger partial charge in [-0.15, -0.1) is 0 Å². The summed E-state index contributed by atoms with van der Waals surface area (Å²) in [6, 6.07) is 5.87. The lowest BCUT2D eigenvalue weighted by molar-refractivity contribution is -0.897. The Bertz CT molecular complexity index is 590. The Morgan fingerprint density at radius 3 is 2.38 bits per heavy atom. The van der Waals surface area contributed by atoms with Crippen LogP contribution >= 0.6 is 0 Å². The predicted molar refractivity (Wildman–Crippen MR) is 80.4 cm³/mol. The van der Waals surface area contributed by atoms with Crippen LogP contribution in [0, 0.1) is 5.92 Å². The molecular formula is C14H22N3O3S+. The first kappa shape index (κ1) is 15.9. The molecule has 0 atom stereocenters. The molecule has 0 unspecified atom stereocenters. The van der Waals surface area contributed by atoms with Crippen LogP contribution in [0.4, 0.5) is 5.69 Å². The monoisotopic (exact) mass is 312 g/mol. The maximum absolute atomic E-state index is 12.0. The number of carbonyl (C=O) groups is 1. The number of hydrogen-bond acceptors (Lipinski definition) is 3. The molecule has 1 aromatic rings. The molecule has 2 rings (SSSR count). The van der Waals surface area contributed by atoms with Crippen LogP contribution < -0.4 is 15.4 Å². The van der Waals surface area contributed by atoms with Gasteiger partial charge in [-0.3, -0.25) is 4.79 Å². The minimum atomic E-state index is -3.69. The number of anilines is 1. The SMILES string of the molecule is CC1CC[NH+](CC(=O)Nc2ccc(S(N)(=O)=O)cc2)CC1. The summed E-state index contributed by atoms with van der Waals surface area (Å²) in [5, 5.41) is 7.81. The number of rotatable bonds is 4. The van der Waals surface area contributed by atoms with Gasteiger partial charge in [0.15, 0.2) is 6.54 Å². The lowest BCUT2D eigenvalue weighted by Gasteiger charge is -2.26. The number of carbonyl (C=O) groups excluding carboxylic acids is 1. The van der Waals surface area contributed by atoms with Crippen LogP contribution in [-0.4, -0.2) is 34.0 Å². The summed E-state index contributed by atoms with van der Waals surface area (Å²) in [6.45, 7) is 4.74. The molecule has 0 radical (unpaired) electrons. The van der Waals surface area contributed by atoms with Gasteiger partial charge in [0.05, 0.1) is 18.0 Å². The van der Waals surface area contributed by atoms with Gasteiger partial charge in [0.2, 0.25) is 10.0 Å². The molecule has 1 saturated heterocycles. The molecule has 0 saturated carbocycles. The van der Waals surface area contributed by atoms with E-state index in [-0.39, 0.29) is 10.8 Å². The number of sulfonamides is 1. The highest BCUT2D eigenvalue weighted by Crippen LogP contribution is 2.12. The zero-order valence-corrected chi connectivity index (χ0v) is 12.9. The lowest BCUT2D eigenvalue weighted by Crippen LogP contribution is -3.14. The van der Waals surface area contributed by atoms with E-state index in [1.165, 1.54) is 17.0 Å². The minimum absolute atomic E-state index is 0.0381. The number of primary sulfonamides is 1. The molecule has 1 aliphatic rings. The van der Waals surface area contributed by atoms with Gasteiger partial charge < -0.3 is 10.2 Å². The smallest absolute Gasteiger partial charge is 0.279 e. The topological polar surface area (TPSA) is 93.7 Å². The van der Waals surface area contributed by atoms with E-state index in [1.807, 2.05) is 0 Å². The second kappa shape index (κ2) is 6.55. The van der Waals surface area contributed by atoms with Crippen molar-refractivity contribution in [2.75, 3.05) is 25.0 Å². The third-order valence-corrected chi connectivity index (χ3v) is 4.79. The highest BCUT2D eigenvalue weighted by molar-refractivity contribution is 7.89. The Morgan fingerprint density at radius 2 is 1.86 bits per heavy atom. The summed E-state index contributed by atoms with van der Waals surface area (Å²) in [6.07, 6.45) is 2.32. The van der Waals surface area contributed by atoms with Gasteiger partial charge in [-0.25, -0.2) is 13.6 Å². The van der Waals surface area contributed by atoms with E-state index in [9.17, 15) is 13.2 Å². The highest BCUT2D eigenvalue weighted by atomic mass is 32.2. The predicted octanol–water partition coefficient (Wildman–Crippen LogP) is -0.413. The van der Waals surface area contributed by atoms with Crippen LogP contribution in [0.2, 0.25) is 0 Å². The van der Waals surface area contributed by atoms with Gasteiger partial charge in [-0.2, -0.15) is 0 Å². The van der Waals surface area contributed by atoms with Gasteiger partial charge in [-0.05, 0) is 43.0 Å². The molecule has 4 N–H and O–H groups in total. The van der Waals surface area contributed by atoms with Gasteiger partial charge in [0, 0.05) is 5.69 Å². The van der Waals surface area contributed by atoms with Crippen LogP contribution in [0.15, 0.2) is 29.2 Å². The zero-order valence-electron chi connectivity index (χ0n) is 12.1. The Balaban J connectivity index is 1.88. The second-order valence-corrected chi connectivity index (χ2v) is 7.29. The zero-order chi connectivity index (χ0) is 15.5. The van der Waals surface area contributed by atoms with Crippen molar-refractivity contribution in [3.63, 3.8) is 0 Å². The molecule has 116 valence electrons. The minimum Gasteiger partial charge on any atom is -0.327 e. The van der Waals surface area contributed by atoms with Crippen molar-refractivity contribution in [3.8, 4) is 0 Å². The summed E-state index contributed by atoms with van der Waals surface area (Å²) in [5.74, 6) is 0.700. The quantitative estimate of drug-likeness (QED) is 0.705. The molecule has 7 heteroatoms. The number of amides is 1. The van der Waals surface area contributed by atoms with E-state index in [2.05, 4.69) is 12.2 Å². The van der Waals surface area contributed by atoms with E-state index in [1.54, 1.807) is 12.1 Å². The van der Waals surface area contributed by atoms with E-state index in [0.29, 0.717) is 12.2 Å². The molecule has 1 aromatic carbocycles. The van der Waals surface area contributed by atoms with Crippen molar-refractivity contribution in [2.45, 2.75) is 24.7 Å². The molecular weight excluding hydrogens is 290 g/mol. The van der Waals surface area contributed by atoms with E-state index >= 15 is 0 Å². The van der Waals surface area contributed by atoms with Crippen molar-refractivity contribution < 1.29 is 18.1 Å². The molecule has 6 nitrogen and oxygen atoms in total. The first-order valence-electron chi connectivity index (χ1n) is 7.11. The van der Waals surface area contributed by atoms with Gasteiger partial charge >= 0.3 is 0 Å². The van der Waals surface area contributed by atoms with Crippen molar-refractivity contribution >= 4 is 21.6 Å². The van der Waals surface area contributed by atoms with Gasteiger partial charge in [0.25, 0.3) is 5.91 Å². The van der Waals surface area contributed by atoms with Gasteiger partial charge in [0.1, 0.15) is 0 Å². The number of likely N-dealkylation sites (tertiary alicyclic amines) is 1. The molecule has 1 amide bonds. The number of benzene rings is 1. The molecule has 0 aromatic heterocycles. The molecule has 0 spiro atoms. The largest absolute Gasteiger partial charge is 0.327 e. The molecule has 1 aliphatic heterocycles. The first-order chi connectivity index (χ1) is 9.84. The van der Waals surface area contributed by atoms with E-state index < -0.39 is 10.0 Å². The molecule has 0 bridgehead atoms. The number of piperidine rings is 1. The summed E-state index contributed by atoms with van der Waals surface area (Å²) < 4.78 is 22.3. The molecule has 1 fully saturated rings. The Hall–Kier alpha value is -1.44. The van der Waals surface area contributed by atoms with Crippen molar-refractivity contribution in [1.82, 2.24) is 0 Å². The van der Waals surface area contributed by atoms with Crippen LogP contribution in [-0.2, 0) is 14.8 Å². The molecule has 0 aliphatic carbocycles. The molecule has 1 heterocycles. The Morgan fingerprint density at radius 1 is 1.29 bits per heavy atom. The normalized spacial score (nSPS) is 22.8. The fraction of sp³-hybridized carbons (Fsp3) is 0.500. The van der Waals surface area contributed by atoms with Crippen LogP contribution in [0.1, 0.15) is 19.8 Å². The number of quaternary nitrogens is 1. The first-order valence-corrected chi connectivity index (χ1v) is 8.65. The van der Waals surface area contributed by atoms with Crippen LogP contribution in [0.5, 0.6) is 0 Å². The number of hydrogen-bond donors (Lipinski definition) is 3. The van der Waals surface area contributed by atoms with E-state index in [4.69, 9.17) is 5.14 Å². The van der Waals surface area contributed by atoms with Crippen molar-refractivity contribution in [2.24, 2.45) is 11.1 Å². The van der Waals surface area contributed by atoms with Gasteiger partial charge in [-0.1, -0.05) is 6.92 Å². The Kier molecular flexibility index (Phi) is 4.97. The maximum atomic E-state index is 12.0. The van der Waals surface area contributed by atoms with Crippen molar-refractivity contribution in [3.05, 3.63) is 24.3 Å². The fourth-order valence-electron chi connectivity index (χ4n) is 2.51. The molecule has 21 heavy (non-hydrogen) atoms. The second-order valence-electron chi connectivity index (χ2n) is 5.73. The summed E-state index contributed by atoms with van der Waals surface area (Å²) >= 11 is 0. The fourth-order valence-corrected chi connectivity index (χ4v) is 3.02. The Labute approximate surface area is 125 Å². The lowest BCUT2D eigenvalue weighted by atomic mass is 9.99. The van der Waals surface area contributed by atoms with E-state index in [0.717, 1.165) is 31.8 Å². The summed E-state index contributed by atoms with van der Waals surface area (Å²) in [7, 11) is -3.69. The average molecular weight is 312 g/mol. The summed E-state index contributed by atoms with van der Waals surface area (Å²) in [5.41, 5.74) is 0.581. The third-order valence-electron chi connectivity index (χ3n) is 3.86.